The van der Waals surface area contributed by atoms with Crippen LogP contribution in [-0.4, -0.2) is 63.2 Å². The Bertz CT molecular complexity index is 1330. The maximum atomic E-state index is 13.5. The van der Waals surface area contributed by atoms with E-state index in [9.17, 15) is 23.1 Å². The summed E-state index contributed by atoms with van der Waals surface area (Å²) in [5, 5.41) is 12.5. The number of nitrogens with zero attached hydrogens (tertiary/aromatic N) is 4. The Morgan fingerprint density at radius 3 is 2.34 bits per heavy atom. The first-order valence-corrected chi connectivity index (χ1v) is 13.2. The number of rotatable bonds is 4. The van der Waals surface area contributed by atoms with E-state index < -0.39 is 23.3 Å². The lowest BCUT2D eigenvalue weighted by Gasteiger charge is -2.40. The number of carbonyl (C=O) groups is 1. The molecule has 2 saturated heterocycles. The fraction of sp³-hybridized carbons (Fsp3) is 0.560. The number of ether oxygens (including phenoxy) is 2. The molecule has 2 bridgehead atoms. The normalized spacial score (nSPS) is 20.3. The second-order valence-electron chi connectivity index (χ2n) is 11.1. The number of oxazole rings is 1. The van der Waals surface area contributed by atoms with Gasteiger partial charge in [0.05, 0.1) is 28.9 Å². The molecule has 0 radical (unpaired) electrons. The van der Waals surface area contributed by atoms with Crippen molar-refractivity contribution in [2.24, 2.45) is 0 Å². The van der Waals surface area contributed by atoms with Gasteiger partial charge >= 0.3 is 12.5 Å². The highest BCUT2D eigenvalue weighted by Gasteiger charge is 2.46. The fourth-order valence-corrected chi connectivity index (χ4v) is 5.62. The van der Waals surface area contributed by atoms with Gasteiger partial charge in [-0.05, 0) is 53.5 Å². The van der Waals surface area contributed by atoms with Crippen LogP contribution < -0.4 is 9.64 Å². The lowest BCUT2D eigenvalue weighted by molar-refractivity contribution is -0.274. The first-order chi connectivity index (χ1) is 17.6. The SMILES string of the molecule is CC(C)(C)OC(=O)N1C2CCC1CN(c1nc3c(OC(F)(F)F)c(C(C)(C)O)cc(-c4cscn4)c3o1)C2. The Kier molecular flexibility index (Phi) is 6.29. The lowest BCUT2D eigenvalue weighted by atomic mass is 9.93. The Labute approximate surface area is 221 Å². The molecule has 4 heterocycles. The Morgan fingerprint density at radius 1 is 1.16 bits per heavy atom. The molecule has 2 aliphatic rings. The van der Waals surface area contributed by atoms with Crippen molar-refractivity contribution in [3.05, 3.63) is 22.5 Å². The molecule has 0 aliphatic carbocycles. The van der Waals surface area contributed by atoms with Crippen LogP contribution >= 0.6 is 11.3 Å². The summed E-state index contributed by atoms with van der Waals surface area (Å²) in [6.45, 7) is 8.93. The van der Waals surface area contributed by atoms with Crippen LogP contribution in [0.25, 0.3) is 22.4 Å². The Hall–Kier alpha value is -3.06. The minimum atomic E-state index is -5.02. The molecular formula is C25H29F3N4O5S. The van der Waals surface area contributed by atoms with E-state index in [4.69, 9.17) is 9.15 Å². The summed E-state index contributed by atoms with van der Waals surface area (Å²) >= 11 is 1.31. The van der Waals surface area contributed by atoms with Gasteiger partial charge in [0, 0.05) is 29.6 Å². The first kappa shape index (κ1) is 26.5. The number of carbonyl (C=O) groups excluding carboxylic acids is 1. The molecule has 2 aliphatic heterocycles. The fourth-order valence-electron chi connectivity index (χ4n) is 5.06. The number of alkyl halides is 3. The third-order valence-corrected chi connectivity index (χ3v) is 7.14. The molecule has 206 valence electrons. The number of aliphatic hydroxyl groups is 1. The monoisotopic (exact) mass is 554 g/mol. The number of hydrogen-bond acceptors (Lipinski definition) is 9. The molecule has 2 fully saturated rings. The Balaban J connectivity index is 1.58. The molecule has 38 heavy (non-hydrogen) atoms. The molecule has 9 nitrogen and oxygen atoms in total. The summed E-state index contributed by atoms with van der Waals surface area (Å²) < 4.78 is 56.6. The number of hydrogen-bond donors (Lipinski definition) is 1. The Morgan fingerprint density at radius 2 is 1.82 bits per heavy atom. The molecule has 1 aromatic carbocycles. The van der Waals surface area contributed by atoms with E-state index in [0.29, 0.717) is 24.3 Å². The third-order valence-electron chi connectivity index (χ3n) is 6.55. The van der Waals surface area contributed by atoms with E-state index in [1.807, 2.05) is 25.7 Å². The predicted molar refractivity (Wildman–Crippen MR) is 134 cm³/mol. The molecule has 1 N–H and O–H groups in total. The standard InChI is InChI=1S/C25H29F3N4O5S/c1-23(2,3)37-22(33)32-13-6-7-14(32)10-31(9-13)21-30-18-19(35-21)15(17-11-38-12-29-17)8-16(24(4,5)34)20(18)36-25(26,27)28/h8,11-14,34H,6-7,9-10H2,1-5H3. The molecule has 1 amide bonds. The number of fused-ring (bicyclic) bond motifs is 3. The summed E-state index contributed by atoms with van der Waals surface area (Å²) in [5.74, 6) is -0.621. The van der Waals surface area contributed by atoms with Crippen LogP contribution in [0.1, 0.15) is 53.0 Å². The highest BCUT2D eigenvalue weighted by molar-refractivity contribution is 7.07. The number of thiazole rings is 1. The van der Waals surface area contributed by atoms with Crippen molar-refractivity contribution in [3.63, 3.8) is 0 Å². The molecule has 2 aromatic heterocycles. The topological polar surface area (TPSA) is 101 Å². The van der Waals surface area contributed by atoms with E-state index in [1.54, 1.807) is 15.8 Å². The molecule has 5 rings (SSSR count). The minimum absolute atomic E-state index is 0.0695. The minimum Gasteiger partial charge on any atom is -0.444 e. The zero-order chi connectivity index (χ0) is 27.6. The molecule has 3 aromatic rings. The van der Waals surface area contributed by atoms with Crippen molar-refractivity contribution in [1.82, 2.24) is 14.9 Å². The second kappa shape index (κ2) is 9.01. The number of amides is 1. The highest BCUT2D eigenvalue weighted by Crippen LogP contribution is 2.45. The average molecular weight is 555 g/mol. The van der Waals surface area contributed by atoms with Crippen LogP contribution in [0.15, 0.2) is 21.4 Å². The number of piperazine rings is 1. The molecule has 2 atom stereocenters. The van der Waals surface area contributed by atoms with Gasteiger partial charge in [-0.15, -0.1) is 24.5 Å². The van der Waals surface area contributed by atoms with Crippen molar-refractivity contribution in [2.75, 3.05) is 18.0 Å². The van der Waals surface area contributed by atoms with Crippen LogP contribution in [0.3, 0.4) is 0 Å². The van der Waals surface area contributed by atoms with E-state index >= 15 is 0 Å². The smallest absolute Gasteiger partial charge is 0.444 e. The van der Waals surface area contributed by atoms with E-state index in [2.05, 4.69) is 14.7 Å². The zero-order valence-electron chi connectivity index (χ0n) is 21.6. The van der Waals surface area contributed by atoms with Crippen LogP contribution in [0.4, 0.5) is 24.0 Å². The van der Waals surface area contributed by atoms with E-state index in [0.717, 1.165) is 12.8 Å². The van der Waals surface area contributed by atoms with Crippen molar-refractivity contribution >= 4 is 34.5 Å². The summed E-state index contributed by atoms with van der Waals surface area (Å²) in [6, 6.07) is 1.19. The van der Waals surface area contributed by atoms with Gasteiger partial charge in [0.1, 0.15) is 5.60 Å². The molecule has 2 unspecified atom stereocenters. The second-order valence-corrected chi connectivity index (χ2v) is 11.9. The summed E-state index contributed by atoms with van der Waals surface area (Å²) in [5.41, 5.74) is -0.0506. The number of benzene rings is 1. The van der Waals surface area contributed by atoms with E-state index in [-0.39, 0.29) is 40.9 Å². The van der Waals surface area contributed by atoms with Gasteiger partial charge in [0.25, 0.3) is 6.01 Å². The maximum Gasteiger partial charge on any atom is 0.573 e. The molecule has 13 heteroatoms. The molecule has 0 saturated carbocycles. The largest absolute Gasteiger partial charge is 0.573 e. The van der Waals surface area contributed by atoms with Crippen molar-refractivity contribution in [3.8, 4) is 17.0 Å². The van der Waals surface area contributed by atoms with Crippen LogP contribution in [-0.2, 0) is 10.3 Å². The maximum absolute atomic E-state index is 13.5. The van der Waals surface area contributed by atoms with Gasteiger partial charge in [-0.25, -0.2) is 9.78 Å². The van der Waals surface area contributed by atoms with Crippen LogP contribution in [0, 0.1) is 0 Å². The summed E-state index contributed by atoms with van der Waals surface area (Å²) in [7, 11) is 0. The first-order valence-electron chi connectivity index (χ1n) is 12.2. The summed E-state index contributed by atoms with van der Waals surface area (Å²) in [4.78, 5) is 25.2. The number of halogens is 3. The van der Waals surface area contributed by atoms with Crippen LogP contribution in [0.5, 0.6) is 5.75 Å². The number of anilines is 1. The van der Waals surface area contributed by atoms with Gasteiger partial charge in [0.15, 0.2) is 16.8 Å². The average Bonchev–Trinajstić information content (AvgIpc) is 3.49. The summed E-state index contributed by atoms with van der Waals surface area (Å²) in [6.07, 6.45) is -3.89. The zero-order valence-corrected chi connectivity index (χ0v) is 22.4. The highest BCUT2D eigenvalue weighted by atomic mass is 32.1. The third kappa shape index (κ3) is 5.13. The van der Waals surface area contributed by atoms with Crippen molar-refractivity contribution in [1.29, 1.82) is 0 Å². The van der Waals surface area contributed by atoms with Gasteiger partial charge in [0.2, 0.25) is 0 Å². The van der Waals surface area contributed by atoms with Crippen LogP contribution in [0.2, 0.25) is 0 Å². The molecule has 0 spiro atoms. The number of aromatic nitrogens is 2. The van der Waals surface area contributed by atoms with Gasteiger partial charge in [-0.3, -0.25) is 4.90 Å². The molecular weight excluding hydrogens is 525 g/mol. The van der Waals surface area contributed by atoms with Gasteiger partial charge in [-0.2, -0.15) is 4.98 Å². The van der Waals surface area contributed by atoms with E-state index in [1.165, 1.54) is 31.3 Å². The van der Waals surface area contributed by atoms with Gasteiger partial charge < -0.3 is 23.9 Å². The lowest BCUT2D eigenvalue weighted by Crippen LogP contribution is -2.56. The van der Waals surface area contributed by atoms with Crippen molar-refractivity contribution < 1.29 is 37.0 Å². The quantitative estimate of drug-likeness (QED) is 0.441. The van der Waals surface area contributed by atoms with Gasteiger partial charge in [-0.1, -0.05) is 0 Å². The predicted octanol–water partition coefficient (Wildman–Crippen LogP) is 5.67. The van der Waals surface area contributed by atoms with Crippen molar-refractivity contribution in [2.45, 2.75) is 77.1 Å².